The number of rotatable bonds is 1. The van der Waals surface area contributed by atoms with Crippen molar-refractivity contribution in [2.24, 2.45) is 0 Å². The standard InChI is InChI=1S/C7H6BrN2O.BF4/c1-11-7-3-2-5(10-9)4-6(7)8;2-1(3,4)5/h2-4H,1H3;/q+1;-1. The van der Waals surface area contributed by atoms with Crippen molar-refractivity contribution in [3.05, 3.63) is 27.6 Å². The van der Waals surface area contributed by atoms with Crippen LogP contribution in [-0.4, -0.2) is 14.4 Å². The van der Waals surface area contributed by atoms with Crippen molar-refractivity contribution < 1.29 is 22.0 Å². The van der Waals surface area contributed by atoms with E-state index in [2.05, 4.69) is 20.9 Å². The van der Waals surface area contributed by atoms with Gasteiger partial charge >= 0.3 is 12.9 Å². The molecule has 0 unspecified atom stereocenters. The first kappa shape index (κ1) is 14.7. The number of methoxy groups -OCH3 is 1. The lowest BCUT2D eigenvalue weighted by atomic mass is 10.3. The topological polar surface area (TPSA) is 37.4 Å². The number of nitrogens with zero attached hydrogens (tertiary/aromatic N) is 2. The SMILES string of the molecule is COc1ccc([N+]#N)cc1Br.F[B-](F)(F)F. The van der Waals surface area contributed by atoms with E-state index < -0.39 is 7.25 Å². The lowest BCUT2D eigenvalue weighted by molar-refractivity contribution is 0.368. The zero-order valence-corrected chi connectivity index (χ0v) is 9.59. The van der Waals surface area contributed by atoms with Gasteiger partial charge in [0.05, 0.1) is 17.6 Å². The Labute approximate surface area is 97.3 Å². The quantitative estimate of drug-likeness (QED) is 0.442. The maximum Gasteiger partial charge on any atom is 0.673 e. The number of halogens is 5. The van der Waals surface area contributed by atoms with Crippen LogP contribution < -0.4 is 4.74 Å². The van der Waals surface area contributed by atoms with Crippen molar-refractivity contribution in [3.63, 3.8) is 0 Å². The average Bonchev–Trinajstić information content (AvgIpc) is 2.15. The van der Waals surface area contributed by atoms with Gasteiger partial charge in [-0.3, -0.25) is 0 Å². The second-order valence-corrected chi connectivity index (χ2v) is 3.27. The van der Waals surface area contributed by atoms with Crippen molar-refractivity contribution in [1.29, 1.82) is 5.39 Å². The van der Waals surface area contributed by atoms with Gasteiger partial charge < -0.3 is 22.0 Å². The summed E-state index contributed by atoms with van der Waals surface area (Å²) in [5.74, 6) is 0.720. The second-order valence-electron chi connectivity index (χ2n) is 2.41. The summed E-state index contributed by atoms with van der Waals surface area (Å²) in [4.78, 5) is 3.02. The van der Waals surface area contributed by atoms with Gasteiger partial charge in [-0.15, -0.1) is 0 Å². The summed E-state index contributed by atoms with van der Waals surface area (Å²) in [6, 6.07) is 5.04. The molecular weight excluding hydrogens is 295 g/mol. The summed E-state index contributed by atoms with van der Waals surface area (Å²) in [6.45, 7) is 0. The molecule has 0 aliphatic carbocycles. The van der Waals surface area contributed by atoms with Crippen molar-refractivity contribution >= 4 is 28.9 Å². The third-order valence-electron chi connectivity index (χ3n) is 1.25. The minimum atomic E-state index is -6.00. The molecule has 3 nitrogen and oxygen atoms in total. The number of hydrogen-bond acceptors (Lipinski definition) is 2. The van der Waals surface area contributed by atoms with Gasteiger partial charge in [-0.25, -0.2) is 0 Å². The van der Waals surface area contributed by atoms with Crippen molar-refractivity contribution in [3.8, 4) is 5.75 Å². The first-order valence-corrected chi connectivity index (χ1v) is 4.63. The van der Waals surface area contributed by atoms with Gasteiger partial charge in [-0.1, -0.05) is 0 Å². The van der Waals surface area contributed by atoms with E-state index in [1.807, 2.05) is 0 Å². The first-order chi connectivity index (χ1) is 7.27. The molecule has 0 aliphatic rings. The highest BCUT2D eigenvalue weighted by atomic mass is 79.9. The third-order valence-corrected chi connectivity index (χ3v) is 1.87. The zero-order valence-electron chi connectivity index (χ0n) is 8.00. The van der Waals surface area contributed by atoms with Crippen LogP contribution in [0.2, 0.25) is 0 Å². The maximum atomic E-state index is 9.75. The molecular formula is C7H6BBrF4N2O. The number of diazo groups is 1. The Morgan fingerprint density at radius 1 is 1.31 bits per heavy atom. The lowest BCUT2D eigenvalue weighted by Crippen LogP contribution is -2.02. The molecule has 0 saturated carbocycles. The molecule has 1 aromatic rings. The Morgan fingerprint density at radius 3 is 2.12 bits per heavy atom. The van der Waals surface area contributed by atoms with Gasteiger partial charge in [0.25, 0.3) is 0 Å². The normalized spacial score (nSPS) is 9.81. The van der Waals surface area contributed by atoms with Crippen molar-refractivity contribution in [2.75, 3.05) is 7.11 Å². The highest BCUT2D eigenvalue weighted by Gasteiger charge is 2.20. The van der Waals surface area contributed by atoms with Crippen molar-refractivity contribution in [2.45, 2.75) is 0 Å². The fourth-order valence-corrected chi connectivity index (χ4v) is 1.25. The summed E-state index contributed by atoms with van der Waals surface area (Å²) >= 11 is 3.25. The minimum absolute atomic E-state index is 0.498. The van der Waals surface area contributed by atoms with E-state index >= 15 is 0 Å². The molecule has 0 amide bonds. The molecule has 88 valence electrons. The van der Waals surface area contributed by atoms with Crippen LogP contribution in [0.15, 0.2) is 22.7 Å². The van der Waals surface area contributed by atoms with E-state index in [1.165, 1.54) is 0 Å². The Balaban J connectivity index is 0.000000385. The lowest BCUT2D eigenvalue weighted by Gasteiger charge is -1.98. The number of ether oxygens (including phenoxy) is 1. The summed E-state index contributed by atoms with van der Waals surface area (Å²) < 4.78 is 44.7. The molecule has 9 heteroatoms. The van der Waals surface area contributed by atoms with E-state index in [0.29, 0.717) is 5.69 Å². The monoisotopic (exact) mass is 300 g/mol. The molecule has 0 radical (unpaired) electrons. The molecule has 1 aromatic carbocycles. The van der Waals surface area contributed by atoms with E-state index in [9.17, 15) is 17.3 Å². The third kappa shape index (κ3) is 7.06. The predicted molar refractivity (Wildman–Crippen MR) is 55.6 cm³/mol. The van der Waals surface area contributed by atoms with Crippen molar-refractivity contribution in [1.82, 2.24) is 0 Å². The van der Waals surface area contributed by atoms with E-state index in [-0.39, 0.29) is 0 Å². The van der Waals surface area contributed by atoms with Gasteiger partial charge in [-0.05, 0) is 22.0 Å². The predicted octanol–water partition coefficient (Wildman–Crippen LogP) is 4.24. The van der Waals surface area contributed by atoms with E-state index in [1.54, 1.807) is 25.3 Å². The minimum Gasteiger partial charge on any atom is -0.496 e. The highest BCUT2D eigenvalue weighted by Crippen LogP contribution is 2.28. The zero-order chi connectivity index (χ0) is 12.8. The smallest absolute Gasteiger partial charge is 0.496 e. The van der Waals surface area contributed by atoms with Crippen LogP contribution in [-0.2, 0) is 0 Å². The Bertz CT molecular complexity index is 387. The van der Waals surface area contributed by atoms with Gasteiger partial charge in [0.2, 0.25) is 5.39 Å². The van der Waals surface area contributed by atoms with Gasteiger partial charge in [0.1, 0.15) is 5.75 Å². The molecule has 1 rings (SSSR count). The Hall–Kier alpha value is -1.30. The molecule has 0 aromatic heterocycles. The fourth-order valence-electron chi connectivity index (χ4n) is 0.717. The first-order valence-electron chi connectivity index (χ1n) is 3.84. The summed E-state index contributed by atoms with van der Waals surface area (Å²) in [5.41, 5.74) is 0.498. The molecule has 0 heterocycles. The van der Waals surface area contributed by atoms with Gasteiger partial charge in [0.15, 0.2) is 4.98 Å². The van der Waals surface area contributed by atoms with Gasteiger partial charge in [-0.2, -0.15) is 0 Å². The Morgan fingerprint density at radius 2 is 1.81 bits per heavy atom. The second kappa shape index (κ2) is 6.32. The molecule has 0 spiro atoms. The molecule has 0 fully saturated rings. The van der Waals surface area contributed by atoms with Crippen LogP contribution >= 0.6 is 15.9 Å². The molecule has 0 aliphatic heterocycles. The molecule has 0 bridgehead atoms. The summed E-state index contributed by atoms with van der Waals surface area (Å²) in [5, 5.41) is 8.39. The average molecular weight is 301 g/mol. The van der Waals surface area contributed by atoms with E-state index in [0.717, 1.165) is 10.2 Å². The van der Waals surface area contributed by atoms with Crippen LogP contribution in [0.3, 0.4) is 0 Å². The molecule has 16 heavy (non-hydrogen) atoms. The summed E-state index contributed by atoms with van der Waals surface area (Å²) in [6.07, 6.45) is 0. The van der Waals surface area contributed by atoms with Crippen LogP contribution in [0.5, 0.6) is 5.75 Å². The number of benzene rings is 1. The van der Waals surface area contributed by atoms with Crippen LogP contribution in [0.1, 0.15) is 0 Å². The maximum absolute atomic E-state index is 9.75. The van der Waals surface area contributed by atoms with E-state index in [4.69, 9.17) is 10.1 Å². The van der Waals surface area contributed by atoms with Crippen LogP contribution in [0.4, 0.5) is 23.0 Å². The molecule has 0 atom stereocenters. The highest BCUT2D eigenvalue weighted by molar-refractivity contribution is 9.10. The fraction of sp³-hybridized carbons (Fsp3) is 0.143. The molecule has 0 saturated heterocycles. The van der Waals surface area contributed by atoms with Gasteiger partial charge in [0, 0.05) is 6.07 Å². The van der Waals surface area contributed by atoms with Crippen LogP contribution in [0.25, 0.3) is 4.98 Å². The largest absolute Gasteiger partial charge is 0.673 e. The molecule has 0 N–H and O–H groups in total. The Kier molecular flexibility index (Phi) is 5.81. The summed E-state index contributed by atoms with van der Waals surface area (Å²) in [7, 11) is -4.42. The number of hydrogen-bond donors (Lipinski definition) is 0. The van der Waals surface area contributed by atoms with Crippen LogP contribution in [0, 0.1) is 5.39 Å².